The van der Waals surface area contributed by atoms with Gasteiger partial charge in [0.25, 0.3) is 0 Å². The van der Waals surface area contributed by atoms with Gasteiger partial charge < -0.3 is 15.4 Å². The van der Waals surface area contributed by atoms with Crippen molar-refractivity contribution in [3.05, 3.63) is 94.5 Å². The number of carbonyl (C=O) groups is 1. The Hall–Kier alpha value is -3.11. The van der Waals surface area contributed by atoms with Gasteiger partial charge in [-0.3, -0.25) is 0 Å². The molecule has 1 amide bonds. The van der Waals surface area contributed by atoms with Crippen LogP contribution >= 0.6 is 0 Å². The van der Waals surface area contributed by atoms with Crippen LogP contribution in [0.1, 0.15) is 40.2 Å². The normalized spacial score (nSPS) is 16.9. The number of benzene rings is 3. The minimum Gasteiger partial charge on any atom is -0.448 e. The van der Waals surface area contributed by atoms with E-state index in [0.717, 1.165) is 24.8 Å². The van der Waals surface area contributed by atoms with Gasteiger partial charge in [-0.05, 0) is 58.2 Å². The first kappa shape index (κ1) is 19.8. The van der Waals surface area contributed by atoms with Crippen molar-refractivity contribution in [3.8, 4) is 11.1 Å². The maximum absolute atomic E-state index is 12.7. The molecule has 2 aliphatic carbocycles. The average Bonchev–Trinajstić information content (AvgIpc) is 3.11. The number of aryl methyl sites for hydroxylation is 1. The van der Waals surface area contributed by atoms with E-state index in [1.807, 2.05) is 0 Å². The van der Waals surface area contributed by atoms with Gasteiger partial charge in [0.05, 0.1) is 0 Å². The van der Waals surface area contributed by atoms with E-state index >= 15 is 0 Å². The number of amides is 1. The lowest BCUT2D eigenvalue weighted by Crippen LogP contribution is -2.29. The molecular formula is C27H28N2O2. The summed E-state index contributed by atoms with van der Waals surface area (Å²) in [5, 5.41) is 0. The summed E-state index contributed by atoms with van der Waals surface area (Å²) in [7, 11) is 1.80. The third-order valence-electron chi connectivity index (χ3n) is 6.60. The number of ether oxygens (including phenoxy) is 1. The van der Waals surface area contributed by atoms with Crippen LogP contribution in [0.4, 0.5) is 4.79 Å². The topological polar surface area (TPSA) is 55.6 Å². The Morgan fingerprint density at radius 3 is 2.39 bits per heavy atom. The highest BCUT2D eigenvalue weighted by molar-refractivity contribution is 5.79. The first-order chi connectivity index (χ1) is 15.1. The molecule has 0 fully saturated rings. The van der Waals surface area contributed by atoms with E-state index in [9.17, 15) is 4.79 Å². The Labute approximate surface area is 183 Å². The van der Waals surface area contributed by atoms with Crippen molar-refractivity contribution >= 4 is 6.09 Å². The minimum atomic E-state index is -0.290. The van der Waals surface area contributed by atoms with Crippen LogP contribution in [-0.2, 0) is 24.1 Å². The largest absolute Gasteiger partial charge is 0.448 e. The van der Waals surface area contributed by atoms with Gasteiger partial charge in [0, 0.05) is 25.6 Å². The molecule has 5 rings (SSSR count). The van der Waals surface area contributed by atoms with Crippen molar-refractivity contribution in [3.63, 3.8) is 0 Å². The average molecular weight is 413 g/mol. The molecule has 1 unspecified atom stereocenters. The van der Waals surface area contributed by atoms with Crippen molar-refractivity contribution in [1.29, 1.82) is 0 Å². The van der Waals surface area contributed by atoms with Gasteiger partial charge in [0.1, 0.15) is 6.61 Å². The summed E-state index contributed by atoms with van der Waals surface area (Å²) in [5.74, 6) is 0.0812. The molecule has 0 aromatic heterocycles. The van der Waals surface area contributed by atoms with Crippen LogP contribution in [0, 0.1) is 0 Å². The van der Waals surface area contributed by atoms with E-state index in [4.69, 9.17) is 10.5 Å². The molecule has 0 saturated carbocycles. The summed E-state index contributed by atoms with van der Waals surface area (Å²) in [5.41, 5.74) is 14.8. The highest BCUT2D eigenvalue weighted by atomic mass is 16.6. The van der Waals surface area contributed by atoms with Gasteiger partial charge in [-0.1, -0.05) is 66.7 Å². The van der Waals surface area contributed by atoms with Gasteiger partial charge in [-0.25, -0.2) is 4.79 Å². The van der Waals surface area contributed by atoms with E-state index in [-0.39, 0.29) is 18.1 Å². The van der Waals surface area contributed by atoms with Gasteiger partial charge in [0.15, 0.2) is 0 Å². The maximum Gasteiger partial charge on any atom is 0.409 e. The first-order valence-electron chi connectivity index (χ1n) is 11.0. The molecule has 0 aliphatic heterocycles. The Morgan fingerprint density at radius 2 is 1.68 bits per heavy atom. The summed E-state index contributed by atoms with van der Waals surface area (Å²) in [6.45, 7) is 0.884. The molecule has 158 valence electrons. The number of nitrogens with two attached hydrogens (primary N) is 1. The molecule has 2 aliphatic rings. The molecule has 3 aromatic carbocycles. The first-order valence-corrected chi connectivity index (χ1v) is 11.0. The lowest BCUT2D eigenvalue weighted by atomic mass is 9.87. The van der Waals surface area contributed by atoms with E-state index in [1.54, 1.807) is 11.9 Å². The number of fused-ring (bicyclic) bond motifs is 4. The van der Waals surface area contributed by atoms with Crippen LogP contribution < -0.4 is 5.73 Å². The van der Waals surface area contributed by atoms with E-state index in [1.165, 1.54) is 33.4 Å². The quantitative estimate of drug-likeness (QED) is 0.664. The number of hydrogen-bond donors (Lipinski definition) is 1. The molecule has 0 radical (unpaired) electrons. The zero-order valence-corrected chi connectivity index (χ0v) is 17.9. The monoisotopic (exact) mass is 412 g/mol. The number of nitrogens with zero attached hydrogens (tertiary/aromatic N) is 1. The number of rotatable bonds is 4. The van der Waals surface area contributed by atoms with Gasteiger partial charge in [0.2, 0.25) is 0 Å². The second kappa shape index (κ2) is 8.20. The molecule has 0 heterocycles. The minimum absolute atomic E-state index is 0.0812. The fraction of sp³-hybridized carbons (Fsp3) is 0.296. The maximum atomic E-state index is 12.7. The Balaban J connectivity index is 1.25. The van der Waals surface area contributed by atoms with Gasteiger partial charge in [-0.2, -0.15) is 0 Å². The fourth-order valence-electron chi connectivity index (χ4n) is 4.98. The Bertz CT molecular complexity index is 1080. The fourth-order valence-corrected chi connectivity index (χ4v) is 4.98. The lowest BCUT2D eigenvalue weighted by molar-refractivity contribution is 0.106. The summed E-state index contributed by atoms with van der Waals surface area (Å²) < 4.78 is 5.77. The second-order valence-corrected chi connectivity index (χ2v) is 8.77. The van der Waals surface area contributed by atoms with Crippen LogP contribution in [0.5, 0.6) is 0 Å². The molecule has 2 N–H and O–H groups in total. The standard InChI is InChI=1S/C27H28N2O2/c1-29(16-18-10-11-20-15-21(28)13-12-19(20)14-18)27(30)31-17-26-24-8-4-2-6-22(24)23-7-3-5-9-25(23)26/h2-11,14,21,26H,12-13,15-17,28H2,1H3. The molecule has 1 atom stereocenters. The zero-order valence-electron chi connectivity index (χ0n) is 17.9. The third-order valence-corrected chi connectivity index (χ3v) is 6.60. The van der Waals surface area contributed by atoms with Gasteiger partial charge in [-0.15, -0.1) is 0 Å². The highest BCUT2D eigenvalue weighted by Crippen LogP contribution is 2.44. The predicted octanol–water partition coefficient (Wildman–Crippen LogP) is 4.88. The lowest BCUT2D eigenvalue weighted by Gasteiger charge is -2.23. The summed E-state index contributed by atoms with van der Waals surface area (Å²) in [4.78, 5) is 14.4. The molecule has 31 heavy (non-hydrogen) atoms. The molecule has 0 saturated heterocycles. The molecule has 4 heteroatoms. The van der Waals surface area contributed by atoms with Crippen LogP contribution in [0.15, 0.2) is 66.7 Å². The van der Waals surface area contributed by atoms with Crippen LogP contribution in [0.3, 0.4) is 0 Å². The highest BCUT2D eigenvalue weighted by Gasteiger charge is 2.29. The van der Waals surface area contributed by atoms with E-state index in [0.29, 0.717) is 13.2 Å². The van der Waals surface area contributed by atoms with Crippen LogP contribution in [-0.4, -0.2) is 30.7 Å². The van der Waals surface area contributed by atoms with Crippen molar-refractivity contribution < 1.29 is 9.53 Å². The number of carbonyl (C=O) groups excluding carboxylic acids is 1. The summed E-state index contributed by atoms with van der Waals surface area (Å²) >= 11 is 0. The van der Waals surface area contributed by atoms with Crippen LogP contribution in [0.25, 0.3) is 11.1 Å². The molecular weight excluding hydrogens is 384 g/mol. The predicted molar refractivity (Wildman–Crippen MR) is 123 cm³/mol. The second-order valence-electron chi connectivity index (χ2n) is 8.77. The molecule has 0 spiro atoms. The van der Waals surface area contributed by atoms with E-state index < -0.39 is 0 Å². The van der Waals surface area contributed by atoms with E-state index in [2.05, 4.69) is 66.7 Å². The zero-order chi connectivity index (χ0) is 21.4. The molecule has 3 aromatic rings. The number of hydrogen-bond acceptors (Lipinski definition) is 3. The molecule has 4 nitrogen and oxygen atoms in total. The van der Waals surface area contributed by atoms with Crippen molar-refractivity contribution in [1.82, 2.24) is 4.90 Å². The van der Waals surface area contributed by atoms with Crippen molar-refractivity contribution in [2.75, 3.05) is 13.7 Å². The molecule has 0 bridgehead atoms. The summed E-state index contributed by atoms with van der Waals surface area (Å²) in [6.07, 6.45) is 2.69. The van der Waals surface area contributed by atoms with Crippen molar-refractivity contribution in [2.45, 2.75) is 37.8 Å². The smallest absolute Gasteiger partial charge is 0.409 e. The third kappa shape index (κ3) is 3.84. The van der Waals surface area contributed by atoms with Crippen LogP contribution in [0.2, 0.25) is 0 Å². The van der Waals surface area contributed by atoms with Crippen molar-refractivity contribution in [2.24, 2.45) is 5.73 Å². The Morgan fingerprint density at radius 1 is 1.00 bits per heavy atom. The van der Waals surface area contributed by atoms with Gasteiger partial charge >= 0.3 is 6.09 Å². The SMILES string of the molecule is CN(Cc1ccc2c(c1)CCC(N)C2)C(=O)OCC1c2ccccc2-c2ccccc21. The summed E-state index contributed by atoms with van der Waals surface area (Å²) in [6, 6.07) is 23.5. The Kier molecular flexibility index (Phi) is 5.24.